The van der Waals surface area contributed by atoms with Gasteiger partial charge in [-0.3, -0.25) is 9.59 Å². The van der Waals surface area contributed by atoms with Crippen LogP contribution in [0.25, 0.3) is 0 Å². The largest absolute Gasteiger partial charge is 0.481 e. The topological polar surface area (TPSA) is 104 Å². The van der Waals surface area contributed by atoms with Crippen molar-refractivity contribution in [1.82, 2.24) is 0 Å². The van der Waals surface area contributed by atoms with Gasteiger partial charge in [-0.2, -0.15) is 0 Å². The summed E-state index contributed by atoms with van der Waals surface area (Å²) in [6.07, 6.45) is 19.6. The van der Waals surface area contributed by atoms with E-state index in [2.05, 4.69) is 13.8 Å². The van der Waals surface area contributed by atoms with Gasteiger partial charge in [-0.05, 0) is 63.7 Å². The zero-order chi connectivity index (χ0) is 30.8. The van der Waals surface area contributed by atoms with Gasteiger partial charge in [0.15, 0.2) is 0 Å². The first-order valence-corrected chi connectivity index (χ1v) is 21.4. The summed E-state index contributed by atoms with van der Waals surface area (Å²) in [5.41, 5.74) is 0. The third kappa shape index (κ3) is 20.3. The van der Waals surface area contributed by atoms with E-state index in [9.17, 15) is 24.9 Å². The molecule has 0 aromatic rings. The van der Waals surface area contributed by atoms with E-state index in [0.29, 0.717) is 11.7 Å². The monoisotopic (exact) mass is 668 g/mol. The molecule has 2 aliphatic rings. The average Bonchev–Trinajstić information content (AvgIpc) is 3.71. The van der Waals surface area contributed by atoms with Crippen molar-refractivity contribution >= 4 is 55.1 Å². The Kier molecular flexibility index (Phi) is 26.4. The lowest BCUT2D eigenvalue weighted by atomic mass is 9.84. The number of aliphatic hydroxyl groups excluding tert-OH is 2. The number of carbonyl (C=O) groups is 2. The summed E-state index contributed by atoms with van der Waals surface area (Å²) in [5, 5.41) is 29.8. The average molecular weight is 669 g/mol. The van der Waals surface area contributed by atoms with Crippen LogP contribution < -0.4 is 0 Å². The molecule has 2 saturated heterocycles. The van der Waals surface area contributed by atoms with Crippen LogP contribution in [0.2, 0.25) is 0 Å². The molecule has 10 heteroatoms. The Hall–Kier alpha value is 0.260. The number of carboxylic acid groups (broad SMARTS) is 1. The van der Waals surface area contributed by atoms with Gasteiger partial charge in [0.25, 0.3) is 0 Å². The lowest BCUT2D eigenvalue weighted by Gasteiger charge is -2.22. The predicted octanol–water partition coefficient (Wildman–Crippen LogP) is 9.17. The van der Waals surface area contributed by atoms with E-state index in [0.717, 1.165) is 75.9 Å². The lowest BCUT2D eigenvalue weighted by Crippen LogP contribution is -2.26. The third-order valence-electron chi connectivity index (χ3n) is 8.08. The Balaban J connectivity index is 0.000000420. The molecule has 2 fully saturated rings. The molecule has 5 unspecified atom stereocenters. The molecule has 42 heavy (non-hydrogen) atoms. The van der Waals surface area contributed by atoms with Gasteiger partial charge < -0.3 is 20.1 Å². The maximum atomic E-state index is 11.8. The molecule has 0 aromatic carbocycles. The highest BCUT2D eigenvalue weighted by atomic mass is 33.1. The van der Waals surface area contributed by atoms with Crippen molar-refractivity contribution < 1.29 is 29.6 Å². The molecule has 0 amide bonds. The second kappa shape index (κ2) is 27.6. The molecule has 0 bridgehead atoms. The highest BCUT2D eigenvalue weighted by molar-refractivity contribution is 8.77. The van der Waals surface area contributed by atoms with Crippen molar-refractivity contribution in [2.24, 2.45) is 11.8 Å². The predicted molar refractivity (Wildman–Crippen MR) is 185 cm³/mol. The van der Waals surface area contributed by atoms with Crippen LogP contribution in [0.3, 0.4) is 0 Å². The van der Waals surface area contributed by atoms with Crippen LogP contribution >= 0.6 is 43.2 Å². The summed E-state index contributed by atoms with van der Waals surface area (Å²) in [6.45, 7) is 4.31. The van der Waals surface area contributed by atoms with Gasteiger partial charge in [-0.1, -0.05) is 115 Å². The van der Waals surface area contributed by atoms with Gasteiger partial charge in [0.1, 0.15) is 6.10 Å². The third-order valence-corrected chi connectivity index (χ3v) is 14.1. The minimum atomic E-state index is -0.724. The quantitative estimate of drug-likeness (QED) is 0.0524. The maximum absolute atomic E-state index is 11.8. The minimum Gasteiger partial charge on any atom is -0.481 e. The Morgan fingerprint density at radius 3 is 1.83 bits per heavy atom. The minimum absolute atomic E-state index is 0.0110. The summed E-state index contributed by atoms with van der Waals surface area (Å²) in [6, 6.07) is 0. The Bertz CT molecular complexity index is 657. The fourth-order valence-electron chi connectivity index (χ4n) is 5.38. The zero-order valence-electron chi connectivity index (χ0n) is 26.3. The molecular weight excluding hydrogens is 609 g/mol. The summed E-state index contributed by atoms with van der Waals surface area (Å²) in [5.74, 6) is 1.21. The van der Waals surface area contributed by atoms with Crippen molar-refractivity contribution in [3.63, 3.8) is 0 Å². The van der Waals surface area contributed by atoms with E-state index in [-0.39, 0.29) is 37.1 Å². The standard InChI is InChI=1S/2C16H30O3S2/c1-2-3-4-5-8-14(13-17)19-16(18)10-7-6-9-15-11-12-20-21-15;1-2-3-4-5-7-13(12-17)15(16(18)19)9-6-8-14-10-11-20-21-14/h14-15,17H,2-13H2,1H3;13-15,17H,2-12H2,1H3,(H,18,19). The van der Waals surface area contributed by atoms with Crippen LogP contribution in [0.15, 0.2) is 0 Å². The molecule has 0 aromatic heterocycles. The van der Waals surface area contributed by atoms with Crippen molar-refractivity contribution in [2.45, 2.75) is 152 Å². The van der Waals surface area contributed by atoms with Gasteiger partial charge in [0.05, 0.1) is 12.5 Å². The van der Waals surface area contributed by atoms with E-state index in [4.69, 9.17) is 4.74 Å². The fourth-order valence-corrected chi connectivity index (χ4v) is 11.4. The van der Waals surface area contributed by atoms with Crippen LogP contribution in [0.4, 0.5) is 0 Å². The maximum Gasteiger partial charge on any atom is 0.306 e. The lowest BCUT2D eigenvalue weighted by molar-refractivity contribution is -0.151. The number of hydrogen-bond acceptors (Lipinski definition) is 9. The number of aliphatic hydroxyl groups is 2. The molecule has 2 aliphatic heterocycles. The van der Waals surface area contributed by atoms with Crippen molar-refractivity contribution in [2.75, 3.05) is 24.7 Å². The molecule has 2 rings (SSSR count). The summed E-state index contributed by atoms with van der Waals surface area (Å²) in [7, 11) is 7.85. The molecule has 248 valence electrons. The summed E-state index contributed by atoms with van der Waals surface area (Å²) < 4.78 is 5.35. The zero-order valence-corrected chi connectivity index (χ0v) is 29.6. The van der Waals surface area contributed by atoms with Gasteiger partial charge in [-0.15, -0.1) is 0 Å². The molecule has 3 N–H and O–H groups in total. The molecule has 5 atom stereocenters. The van der Waals surface area contributed by atoms with E-state index < -0.39 is 5.97 Å². The van der Waals surface area contributed by atoms with Crippen molar-refractivity contribution in [3.05, 3.63) is 0 Å². The first-order valence-electron chi connectivity index (χ1n) is 16.7. The summed E-state index contributed by atoms with van der Waals surface area (Å²) >= 11 is 0. The van der Waals surface area contributed by atoms with Gasteiger partial charge in [-0.25, -0.2) is 0 Å². The molecule has 0 spiro atoms. The van der Waals surface area contributed by atoms with Crippen LogP contribution in [0.5, 0.6) is 0 Å². The molecule has 2 heterocycles. The number of carbonyl (C=O) groups excluding carboxylic acids is 1. The van der Waals surface area contributed by atoms with Gasteiger partial charge in [0, 0.05) is 35.0 Å². The first-order chi connectivity index (χ1) is 20.4. The first kappa shape index (κ1) is 40.3. The number of esters is 1. The van der Waals surface area contributed by atoms with Gasteiger partial charge >= 0.3 is 11.9 Å². The highest BCUT2D eigenvalue weighted by Gasteiger charge is 2.27. The number of carboxylic acids is 1. The Morgan fingerprint density at radius 1 is 0.738 bits per heavy atom. The van der Waals surface area contributed by atoms with Crippen LogP contribution in [-0.2, 0) is 14.3 Å². The van der Waals surface area contributed by atoms with Crippen LogP contribution in [-0.4, -0.2) is 68.6 Å². The Labute approximate surface area is 272 Å². The normalized spacial score (nSPS) is 20.5. The molecular formula is C32H60O6S4. The highest BCUT2D eigenvalue weighted by Crippen LogP contribution is 2.41. The number of aliphatic carboxylic acids is 1. The second-order valence-corrected chi connectivity index (χ2v) is 17.3. The number of ether oxygens (including phenoxy) is 1. The van der Waals surface area contributed by atoms with E-state index in [1.807, 2.05) is 43.2 Å². The van der Waals surface area contributed by atoms with Crippen molar-refractivity contribution in [3.8, 4) is 0 Å². The van der Waals surface area contributed by atoms with E-state index in [1.54, 1.807) is 0 Å². The second-order valence-electron chi connectivity index (χ2n) is 11.7. The summed E-state index contributed by atoms with van der Waals surface area (Å²) in [4.78, 5) is 23.3. The molecule has 0 aliphatic carbocycles. The van der Waals surface area contributed by atoms with Crippen LogP contribution in [0, 0.1) is 11.8 Å². The van der Waals surface area contributed by atoms with E-state index >= 15 is 0 Å². The van der Waals surface area contributed by atoms with E-state index in [1.165, 1.54) is 56.5 Å². The number of hydrogen-bond donors (Lipinski definition) is 3. The van der Waals surface area contributed by atoms with Crippen molar-refractivity contribution in [1.29, 1.82) is 0 Å². The smallest absolute Gasteiger partial charge is 0.306 e. The molecule has 0 radical (unpaired) electrons. The van der Waals surface area contributed by atoms with Crippen LogP contribution in [0.1, 0.15) is 136 Å². The molecule has 0 saturated carbocycles. The number of unbranched alkanes of at least 4 members (excludes halogenated alkanes) is 7. The fraction of sp³-hybridized carbons (Fsp3) is 0.938. The molecule has 6 nitrogen and oxygen atoms in total. The van der Waals surface area contributed by atoms with Gasteiger partial charge in [0.2, 0.25) is 0 Å². The Morgan fingerprint density at radius 2 is 1.33 bits per heavy atom. The number of rotatable bonds is 24. The SMILES string of the molecule is CCCCCCC(CO)C(CCCC1CCSS1)C(=O)O.CCCCCCC(CO)OC(=O)CCCCC1CCSS1.